The summed E-state index contributed by atoms with van der Waals surface area (Å²) >= 11 is 12.7. The molecule has 0 fully saturated rings. The summed E-state index contributed by atoms with van der Waals surface area (Å²) in [7, 11) is 1.20. The van der Waals surface area contributed by atoms with Crippen molar-refractivity contribution in [3.8, 4) is 0 Å². The van der Waals surface area contributed by atoms with Gasteiger partial charge in [0, 0.05) is 0 Å². The fourth-order valence-electron chi connectivity index (χ4n) is 3.19. The van der Waals surface area contributed by atoms with E-state index >= 15 is 0 Å². The number of rotatable bonds is 8. The van der Waals surface area contributed by atoms with Gasteiger partial charge >= 0.3 is 12.3 Å². The highest BCUT2D eigenvalue weighted by Crippen LogP contribution is 2.43. The number of methoxy groups -OCH3 is 1. The summed E-state index contributed by atoms with van der Waals surface area (Å²) in [6.45, 7) is 5.80. The number of carbonyl (C=O) groups is 2. The second kappa shape index (κ2) is 11.9. The highest BCUT2D eigenvalue weighted by molar-refractivity contribution is 6.42. The molecule has 0 amide bonds. The zero-order valence-electron chi connectivity index (χ0n) is 18.1. The van der Waals surface area contributed by atoms with Crippen LogP contribution in [-0.2, 0) is 18.9 Å². The maximum atomic E-state index is 12.4. The topological polar surface area (TPSA) is 83.1 Å². The van der Waals surface area contributed by atoms with Gasteiger partial charge in [-0.1, -0.05) is 61.5 Å². The van der Waals surface area contributed by atoms with Gasteiger partial charge in [0.15, 0.2) is 0 Å². The number of unbranched alkanes of at least 4 members (excludes halogenated alkanes) is 3. The van der Waals surface area contributed by atoms with Gasteiger partial charge in [0.05, 0.1) is 35.2 Å². The third-order valence-corrected chi connectivity index (χ3v) is 5.54. The van der Waals surface area contributed by atoms with Crippen LogP contribution in [0.25, 0.3) is 0 Å². The maximum Gasteiger partial charge on any atom is 0.513 e. The molecule has 7 nitrogen and oxygen atoms in total. The number of carbonyl (C=O) groups excluding carboxylic acids is 2. The summed E-state index contributed by atoms with van der Waals surface area (Å²) < 4.78 is 20.8. The first kappa shape index (κ1) is 24.9. The quantitative estimate of drug-likeness (QED) is 0.335. The molecule has 1 aromatic carbocycles. The minimum atomic E-state index is -0.920. The minimum absolute atomic E-state index is 0.173. The molecule has 1 atom stereocenters. The molecule has 2 rings (SSSR count). The highest BCUT2D eigenvalue weighted by atomic mass is 35.5. The van der Waals surface area contributed by atoms with Gasteiger partial charge in [-0.2, -0.15) is 0 Å². The molecule has 31 heavy (non-hydrogen) atoms. The molecule has 0 aliphatic carbocycles. The summed E-state index contributed by atoms with van der Waals surface area (Å²) in [5.74, 6) is -0.459. The normalized spacial score (nSPS) is 16.0. The van der Waals surface area contributed by atoms with Crippen LogP contribution in [-0.4, -0.2) is 26.0 Å². The van der Waals surface area contributed by atoms with Gasteiger partial charge in [0.1, 0.15) is 17.4 Å². The monoisotopic (exact) mass is 471 g/mol. The molecule has 0 aromatic heterocycles. The lowest BCUT2D eigenvalue weighted by Crippen LogP contribution is -2.29. The smallest absolute Gasteiger partial charge is 0.437 e. The van der Waals surface area contributed by atoms with Crippen molar-refractivity contribution in [3.05, 3.63) is 56.7 Å². The van der Waals surface area contributed by atoms with Gasteiger partial charge in [0.25, 0.3) is 0 Å². The largest absolute Gasteiger partial charge is 0.513 e. The predicted octanol–water partition coefficient (Wildman–Crippen LogP) is 6.66. The second-order valence-electron chi connectivity index (χ2n) is 7.00. The third kappa shape index (κ3) is 6.55. The fraction of sp³-hybridized carbons (Fsp3) is 0.455. The molecular formula is C22H27Cl2NO6. The van der Waals surface area contributed by atoms with E-state index in [1.807, 2.05) is 0 Å². The van der Waals surface area contributed by atoms with Crippen molar-refractivity contribution >= 4 is 35.5 Å². The molecule has 0 saturated heterocycles. The van der Waals surface area contributed by atoms with Crippen LogP contribution in [0.2, 0.25) is 10.0 Å². The van der Waals surface area contributed by atoms with Crippen molar-refractivity contribution in [2.45, 2.75) is 52.4 Å². The van der Waals surface area contributed by atoms with Gasteiger partial charge in [-0.25, -0.2) is 9.59 Å². The first-order chi connectivity index (χ1) is 14.8. The van der Waals surface area contributed by atoms with Crippen molar-refractivity contribution < 1.29 is 28.5 Å². The number of nitrogens with one attached hydrogen (secondary N) is 1. The van der Waals surface area contributed by atoms with Gasteiger partial charge in [-0.15, -0.1) is 0 Å². The summed E-state index contributed by atoms with van der Waals surface area (Å²) in [6, 6.07) is 5.05. The van der Waals surface area contributed by atoms with Crippen LogP contribution in [0.3, 0.4) is 0 Å². The van der Waals surface area contributed by atoms with E-state index in [9.17, 15) is 9.59 Å². The Morgan fingerprint density at radius 2 is 1.65 bits per heavy atom. The Bertz CT molecular complexity index is 881. The van der Waals surface area contributed by atoms with Crippen LogP contribution in [0.4, 0.5) is 9.59 Å². The number of allylic oxidation sites excluding steroid dienone is 2. The Hall–Kier alpha value is -2.38. The Balaban J connectivity index is 2.35. The average Bonchev–Trinajstić information content (AvgIpc) is 2.73. The average molecular weight is 472 g/mol. The number of benzene rings is 1. The van der Waals surface area contributed by atoms with Crippen molar-refractivity contribution in [1.82, 2.24) is 5.32 Å². The first-order valence-corrected chi connectivity index (χ1v) is 10.8. The van der Waals surface area contributed by atoms with Gasteiger partial charge < -0.3 is 24.3 Å². The summed E-state index contributed by atoms with van der Waals surface area (Å²) in [6.07, 6.45) is 2.09. The lowest BCUT2D eigenvalue weighted by atomic mass is 9.90. The van der Waals surface area contributed by atoms with Crippen LogP contribution in [0.5, 0.6) is 0 Å². The van der Waals surface area contributed by atoms with Gasteiger partial charge in [0.2, 0.25) is 0 Å². The van der Waals surface area contributed by atoms with Crippen molar-refractivity contribution in [3.63, 3.8) is 0 Å². The summed E-state index contributed by atoms with van der Waals surface area (Å²) in [4.78, 5) is 24.2. The number of hydrogen-bond acceptors (Lipinski definition) is 7. The predicted molar refractivity (Wildman–Crippen MR) is 118 cm³/mol. The summed E-state index contributed by atoms with van der Waals surface area (Å²) in [5.41, 5.74) is 1.57. The molecule has 170 valence electrons. The van der Waals surface area contributed by atoms with E-state index in [1.165, 1.54) is 7.11 Å². The molecule has 1 aromatic rings. The van der Waals surface area contributed by atoms with E-state index in [2.05, 4.69) is 17.0 Å². The fourth-order valence-corrected chi connectivity index (χ4v) is 3.61. The zero-order valence-corrected chi connectivity index (χ0v) is 19.6. The molecule has 0 bridgehead atoms. The number of ether oxygens (including phenoxy) is 4. The van der Waals surface area contributed by atoms with E-state index < -0.39 is 18.2 Å². The zero-order chi connectivity index (χ0) is 23.0. The standard InChI is InChI=1S/C22H27Cl2NO6/c1-5-6-7-8-12-29-22(27)31-20-14(3)25-13(2)19(30-21(26)28-4)17(20)15-10-9-11-16(23)18(15)24/h9-11,17,25H,5-8,12H2,1-4H3. The Morgan fingerprint density at radius 3 is 2.26 bits per heavy atom. The molecule has 1 heterocycles. The van der Waals surface area contributed by atoms with Gasteiger partial charge in [-0.3, -0.25) is 0 Å². The first-order valence-electron chi connectivity index (χ1n) is 10.0. The van der Waals surface area contributed by atoms with Crippen molar-refractivity contribution in [2.24, 2.45) is 0 Å². The molecule has 1 N–H and O–H groups in total. The Morgan fingerprint density at radius 1 is 1.00 bits per heavy atom. The number of dihydropyridines is 1. The third-order valence-electron chi connectivity index (χ3n) is 4.70. The van der Waals surface area contributed by atoms with Gasteiger partial charge in [-0.05, 0) is 31.9 Å². The molecule has 0 radical (unpaired) electrons. The maximum absolute atomic E-state index is 12.4. The molecular weight excluding hydrogens is 445 g/mol. The van der Waals surface area contributed by atoms with E-state index in [0.717, 1.165) is 25.7 Å². The molecule has 1 unspecified atom stereocenters. The number of hydrogen-bond donors (Lipinski definition) is 1. The lowest BCUT2D eigenvalue weighted by molar-refractivity contribution is 0.0654. The van der Waals surface area contributed by atoms with E-state index in [1.54, 1.807) is 32.0 Å². The lowest BCUT2D eigenvalue weighted by Gasteiger charge is -2.30. The Kier molecular flexibility index (Phi) is 9.52. The molecule has 1 aliphatic heterocycles. The molecule has 0 saturated carbocycles. The van der Waals surface area contributed by atoms with Crippen LogP contribution < -0.4 is 5.32 Å². The SMILES string of the molecule is CCCCCCOC(=O)OC1=C(C)NC(C)=C(OC(=O)OC)C1c1cccc(Cl)c1Cl. The summed E-state index contributed by atoms with van der Waals surface area (Å²) in [5, 5.41) is 3.61. The van der Waals surface area contributed by atoms with E-state index in [4.69, 9.17) is 37.4 Å². The Labute approximate surface area is 192 Å². The van der Waals surface area contributed by atoms with E-state index in [-0.39, 0.29) is 23.1 Å². The highest BCUT2D eigenvalue weighted by Gasteiger charge is 2.37. The molecule has 1 aliphatic rings. The van der Waals surface area contributed by atoms with Crippen molar-refractivity contribution in [2.75, 3.05) is 13.7 Å². The number of halogens is 2. The van der Waals surface area contributed by atoms with E-state index in [0.29, 0.717) is 22.0 Å². The van der Waals surface area contributed by atoms with Crippen LogP contribution in [0.1, 0.15) is 57.9 Å². The molecule has 0 spiro atoms. The second-order valence-corrected chi connectivity index (χ2v) is 7.78. The van der Waals surface area contributed by atoms with Crippen LogP contribution >= 0.6 is 23.2 Å². The van der Waals surface area contributed by atoms with Crippen molar-refractivity contribution in [1.29, 1.82) is 0 Å². The van der Waals surface area contributed by atoms with Crippen LogP contribution in [0.15, 0.2) is 41.1 Å². The van der Waals surface area contributed by atoms with Crippen LogP contribution in [0, 0.1) is 0 Å². The minimum Gasteiger partial charge on any atom is -0.437 e. The molecule has 9 heteroatoms.